The molecule has 0 spiro atoms. The van der Waals surface area contributed by atoms with Crippen LogP contribution in [0.2, 0.25) is 5.02 Å². The van der Waals surface area contributed by atoms with Crippen molar-refractivity contribution in [2.24, 2.45) is 0 Å². The summed E-state index contributed by atoms with van der Waals surface area (Å²) in [5, 5.41) is 0.801. The minimum atomic E-state index is -0.610. The van der Waals surface area contributed by atoms with Crippen LogP contribution in [0.3, 0.4) is 0 Å². The summed E-state index contributed by atoms with van der Waals surface area (Å²) in [6.07, 6.45) is 0. The number of carbonyl (C=O) groups excluding carboxylic acids is 1. The zero-order chi connectivity index (χ0) is 21.9. The van der Waals surface area contributed by atoms with E-state index >= 15 is 0 Å². The Bertz CT molecular complexity index is 1440. The zero-order valence-corrected chi connectivity index (χ0v) is 19.1. The molecule has 0 fully saturated rings. The number of anilines is 1. The van der Waals surface area contributed by atoms with Crippen LogP contribution in [0.1, 0.15) is 38.9 Å². The maximum atomic E-state index is 13.6. The lowest BCUT2D eigenvalue weighted by atomic mass is 9.98. The van der Waals surface area contributed by atoms with Gasteiger partial charge < -0.3 is 4.42 Å². The number of nitrogens with zero attached hydrogens (tertiary/aromatic N) is 1. The molecule has 0 bridgehead atoms. The van der Waals surface area contributed by atoms with Gasteiger partial charge in [-0.1, -0.05) is 45.7 Å². The number of aryl methyl sites for hydroxylation is 2. The van der Waals surface area contributed by atoms with Crippen LogP contribution in [0.5, 0.6) is 0 Å². The molecule has 0 aliphatic carbocycles. The van der Waals surface area contributed by atoms with E-state index in [4.69, 9.17) is 16.0 Å². The fourth-order valence-corrected chi connectivity index (χ4v) is 4.67. The summed E-state index contributed by atoms with van der Waals surface area (Å²) in [5.41, 5.74) is 4.14. The molecule has 0 radical (unpaired) electrons. The van der Waals surface area contributed by atoms with Crippen molar-refractivity contribution in [1.82, 2.24) is 0 Å². The van der Waals surface area contributed by atoms with E-state index in [-0.39, 0.29) is 17.1 Å². The Balaban J connectivity index is 1.83. The third kappa shape index (κ3) is 3.20. The number of hydrogen-bond acceptors (Lipinski definition) is 3. The molecular weight excluding hydrogens is 478 g/mol. The van der Waals surface area contributed by atoms with Gasteiger partial charge in [0, 0.05) is 15.2 Å². The van der Waals surface area contributed by atoms with Crippen LogP contribution in [0.15, 0.2) is 74.3 Å². The standard InChI is InChI=1S/C25H17BrClNO3/c1-13-6-8-18(10-14(13)2)28-22(15-4-3-5-16(26)11-15)21-23(29)19-12-17(27)7-9-20(19)31-24(21)25(28)30/h3-12,22H,1-2H3. The first-order valence-electron chi connectivity index (χ1n) is 9.77. The summed E-state index contributed by atoms with van der Waals surface area (Å²) in [6.45, 7) is 4.02. The number of halogens is 2. The summed E-state index contributed by atoms with van der Waals surface area (Å²) in [7, 11) is 0. The third-order valence-corrected chi connectivity index (χ3v) is 6.49. The van der Waals surface area contributed by atoms with Crippen molar-refractivity contribution in [3.8, 4) is 0 Å². The van der Waals surface area contributed by atoms with Gasteiger partial charge in [-0.15, -0.1) is 0 Å². The van der Waals surface area contributed by atoms with Gasteiger partial charge in [0.1, 0.15) is 5.58 Å². The van der Waals surface area contributed by atoms with Crippen LogP contribution >= 0.6 is 27.5 Å². The number of amides is 1. The predicted octanol–water partition coefficient (Wildman–Crippen LogP) is 6.58. The summed E-state index contributed by atoms with van der Waals surface area (Å²) in [4.78, 5) is 28.8. The first-order valence-corrected chi connectivity index (χ1v) is 10.9. The summed E-state index contributed by atoms with van der Waals surface area (Å²) >= 11 is 9.64. The summed E-state index contributed by atoms with van der Waals surface area (Å²) in [5.74, 6) is -0.264. The lowest BCUT2D eigenvalue weighted by molar-refractivity contribution is 0.0971. The molecule has 6 heteroatoms. The number of fused-ring (bicyclic) bond motifs is 2. The van der Waals surface area contributed by atoms with E-state index in [0.29, 0.717) is 27.2 Å². The molecule has 2 heterocycles. The monoisotopic (exact) mass is 493 g/mol. The topological polar surface area (TPSA) is 50.5 Å². The molecule has 0 N–H and O–H groups in total. The van der Waals surface area contributed by atoms with Crippen molar-refractivity contribution < 1.29 is 9.21 Å². The minimum Gasteiger partial charge on any atom is -0.450 e. The second-order valence-electron chi connectivity index (χ2n) is 7.72. The van der Waals surface area contributed by atoms with E-state index in [1.165, 1.54) is 0 Å². The van der Waals surface area contributed by atoms with Crippen molar-refractivity contribution in [3.63, 3.8) is 0 Å². The lowest BCUT2D eigenvalue weighted by Gasteiger charge is -2.26. The van der Waals surface area contributed by atoms with Gasteiger partial charge in [0.25, 0.3) is 5.91 Å². The van der Waals surface area contributed by atoms with Gasteiger partial charge in [0.15, 0.2) is 5.43 Å². The van der Waals surface area contributed by atoms with E-state index in [1.807, 2.05) is 56.3 Å². The molecule has 31 heavy (non-hydrogen) atoms. The van der Waals surface area contributed by atoms with Crippen LogP contribution in [-0.4, -0.2) is 5.91 Å². The van der Waals surface area contributed by atoms with Gasteiger partial charge in [-0.05, 0) is 73.0 Å². The van der Waals surface area contributed by atoms with Gasteiger partial charge in [-0.3, -0.25) is 14.5 Å². The van der Waals surface area contributed by atoms with E-state index in [2.05, 4.69) is 15.9 Å². The van der Waals surface area contributed by atoms with Crippen molar-refractivity contribution in [2.45, 2.75) is 19.9 Å². The molecule has 1 aliphatic heterocycles. The maximum absolute atomic E-state index is 13.6. The second kappa shape index (κ2) is 7.36. The highest BCUT2D eigenvalue weighted by molar-refractivity contribution is 9.10. The number of carbonyl (C=O) groups is 1. The van der Waals surface area contributed by atoms with Gasteiger partial charge >= 0.3 is 0 Å². The Hall–Kier alpha value is -2.89. The highest BCUT2D eigenvalue weighted by Crippen LogP contribution is 2.42. The van der Waals surface area contributed by atoms with Gasteiger partial charge in [0.05, 0.1) is 17.0 Å². The molecule has 1 unspecified atom stereocenters. The van der Waals surface area contributed by atoms with Crippen molar-refractivity contribution in [2.75, 3.05) is 4.90 Å². The van der Waals surface area contributed by atoms with Crippen LogP contribution in [0.25, 0.3) is 11.0 Å². The van der Waals surface area contributed by atoms with E-state index in [1.54, 1.807) is 23.1 Å². The summed E-state index contributed by atoms with van der Waals surface area (Å²) in [6, 6.07) is 17.7. The first-order chi connectivity index (χ1) is 14.8. The zero-order valence-electron chi connectivity index (χ0n) is 16.8. The second-order valence-corrected chi connectivity index (χ2v) is 9.07. The maximum Gasteiger partial charge on any atom is 0.295 e. The average molecular weight is 495 g/mol. The molecule has 0 saturated carbocycles. The number of rotatable bonds is 2. The van der Waals surface area contributed by atoms with E-state index in [0.717, 1.165) is 21.2 Å². The fraction of sp³-hybridized carbons (Fsp3) is 0.120. The lowest BCUT2D eigenvalue weighted by Crippen LogP contribution is -2.29. The fourth-order valence-electron chi connectivity index (χ4n) is 4.08. The molecule has 3 aromatic carbocycles. The number of benzene rings is 3. The number of hydrogen-bond donors (Lipinski definition) is 0. The predicted molar refractivity (Wildman–Crippen MR) is 126 cm³/mol. The molecular formula is C25H17BrClNO3. The van der Waals surface area contributed by atoms with E-state index < -0.39 is 6.04 Å². The quantitative estimate of drug-likeness (QED) is 0.316. The highest BCUT2D eigenvalue weighted by atomic mass is 79.9. The molecule has 4 aromatic rings. The van der Waals surface area contributed by atoms with Crippen LogP contribution in [-0.2, 0) is 0 Å². The van der Waals surface area contributed by atoms with Gasteiger partial charge in [-0.25, -0.2) is 0 Å². The Morgan fingerprint density at radius 1 is 0.968 bits per heavy atom. The van der Waals surface area contributed by atoms with Gasteiger partial charge in [-0.2, -0.15) is 0 Å². The summed E-state index contributed by atoms with van der Waals surface area (Å²) < 4.78 is 6.84. The first kappa shape index (κ1) is 20.0. The molecule has 5 rings (SSSR count). The Morgan fingerprint density at radius 2 is 1.77 bits per heavy atom. The SMILES string of the molecule is Cc1ccc(N2C(=O)c3oc4ccc(Cl)cc4c(=O)c3C2c2cccc(Br)c2)cc1C. The molecule has 0 saturated heterocycles. The molecule has 1 atom stereocenters. The Morgan fingerprint density at radius 3 is 2.52 bits per heavy atom. The van der Waals surface area contributed by atoms with Crippen LogP contribution in [0.4, 0.5) is 5.69 Å². The van der Waals surface area contributed by atoms with Gasteiger partial charge in [0.2, 0.25) is 5.76 Å². The molecule has 4 nitrogen and oxygen atoms in total. The minimum absolute atomic E-state index is 0.0722. The average Bonchev–Trinajstić information content (AvgIpc) is 3.03. The Labute approximate surface area is 192 Å². The third-order valence-electron chi connectivity index (χ3n) is 5.77. The van der Waals surface area contributed by atoms with Crippen molar-refractivity contribution >= 4 is 50.1 Å². The van der Waals surface area contributed by atoms with Crippen molar-refractivity contribution in [3.05, 3.63) is 108 Å². The van der Waals surface area contributed by atoms with Crippen LogP contribution in [0, 0.1) is 13.8 Å². The molecule has 1 aliphatic rings. The molecule has 1 aromatic heterocycles. The largest absolute Gasteiger partial charge is 0.450 e. The van der Waals surface area contributed by atoms with E-state index in [9.17, 15) is 9.59 Å². The molecule has 154 valence electrons. The molecule has 1 amide bonds. The van der Waals surface area contributed by atoms with Crippen LogP contribution < -0.4 is 10.3 Å². The Kier molecular flexibility index (Phi) is 4.76. The normalized spacial score (nSPS) is 15.5. The van der Waals surface area contributed by atoms with Crippen molar-refractivity contribution in [1.29, 1.82) is 0 Å². The smallest absolute Gasteiger partial charge is 0.295 e. The highest BCUT2D eigenvalue weighted by Gasteiger charge is 2.43.